The molecule has 2 fully saturated rings. The standard InChI is InChI=1S/C16H14N2O4/c1-2-22-15(21)16(9-17)11-12(16)14(20)18(13(11)19)8-10-6-4-3-5-7-10/h3-7,11-12H,2,8H2,1H3/t11-,12+,16?. The van der Waals surface area contributed by atoms with Gasteiger partial charge in [0.15, 0.2) is 5.41 Å². The largest absolute Gasteiger partial charge is 0.465 e. The average molecular weight is 298 g/mol. The molecule has 6 nitrogen and oxygen atoms in total. The van der Waals surface area contributed by atoms with Crippen LogP contribution in [-0.4, -0.2) is 29.3 Å². The highest BCUT2D eigenvalue weighted by Gasteiger charge is 2.83. The molecular formula is C16H14N2O4. The summed E-state index contributed by atoms with van der Waals surface area (Å²) in [4.78, 5) is 37.9. The number of imide groups is 1. The summed E-state index contributed by atoms with van der Waals surface area (Å²) in [5, 5.41) is 9.30. The van der Waals surface area contributed by atoms with Crippen LogP contribution in [0.15, 0.2) is 30.3 Å². The molecule has 6 heteroatoms. The molecule has 0 N–H and O–H groups in total. The molecule has 1 saturated carbocycles. The fourth-order valence-corrected chi connectivity index (χ4v) is 3.12. The minimum absolute atomic E-state index is 0.109. The Morgan fingerprint density at radius 3 is 2.36 bits per heavy atom. The first-order valence-electron chi connectivity index (χ1n) is 7.05. The number of likely N-dealkylation sites (tertiary alicyclic amines) is 1. The van der Waals surface area contributed by atoms with Gasteiger partial charge in [-0.05, 0) is 12.5 Å². The number of amides is 2. The molecule has 1 heterocycles. The quantitative estimate of drug-likeness (QED) is 0.608. The summed E-state index contributed by atoms with van der Waals surface area (Å²) < 4.78 is 4.86. The molecule has 1 aromatic rings. The lowest BCUT2D eigenvalue weighted by atomic mass is 10.0. The van der Waals surface area contributed by atoms with Crippen molar-refractivity contribution >= 4 is 17.8 Å². The highest BCUT2D eigenvalue weighted by molar-refractivity contribution is 6.16. The Labute approximate surface area is 127 Å². The van der Waals surface area contributed by atoms with Gasteiger partial charge in [0.2, 0.25) is 11.8 Å². The number of carbonyl (C=O) groups is 3. The van der Waals surface area contributed by atoms with Gasteiger partial charge in [0, 0.05) is 0 Å². The summed E-state index contributed by atoms with van der Waals surface area (Å²) in [5.41, 5.74) is -0.790. The number of piperidine rings is 1. The number of rotatable bonds is 4. The van der Waals surface area contributed by atoms with E-state index in [1.54, 1.807) is 6.92 Å². The minimum Gasteiger partial charge on any atom is -0.465 e. The summed E-state index contributed by atoms with van der Waals surface area (Å²) in [6.07, 6.45) is 0. The average Bonchev–Trinajstić information content (AvgIpc) is 3.16. The zero-order valence-electron chi connectivity index (χ0n) is 12.0. The zero-order chi connectivity index (χ0) is 15.9. The molecule has 1 unspecified atom stereocenters. The van der Waals surface area contributed by atoms with Gasteiger partial charge >= 0.3 is 5.97 Å². The third-order valence-electron chi connectivity index (χ3n) is 4.25. The van der Waals surface area contributed by atoms with Crippen molar-refractivity contribution in [2.45, 2.75) is 13.5 Å². The lowest BCUT2D eigenvalue weighted by Crippen LogP contribution is -2.39. The van der Waals surface area contributed by atoms with E-state index in [4.69, 9.17) is 4.74 Å². The monoisotopic (exact) mass is 298 g/mol. The van der Waals surface area contributed by atoms with Crippen LogP contribution < -0.4 is 0 Å². The third-order valence-corrected chi connectivity index (χ3v) is 4.25. The molecule has 3 atom stereocenters. The third kappa shape index (κ3) is 1.75. The van der Waals surface area contributed by atoms with Crippen LogP contribution in [0.2, 0.25) is 0 Å². The lowest BCUT2D eigenvalue weighted by molar-refractivity contribution is -0.155. The van der Waals surface area contributed by atoms with Gasteiger partial charge in [-0.1, -0.05) is 30.3 Å². The number of esters is 1. The van der Waals surface area contributed by atoms with Crippen LogP contribution in [0.25, 0.3) is 0 Å². The molecule has 1 aliphatic carbocycles. The number of carbonyl (C=O) groups excluding carboxylic acids is 3. The van der Waals surface area contributed by atoms with E-state index in [-0.39, 0.29) is 13.2 Å². The summed E-state index contributed by atoms with van der Waals surface area (Å²) in [7, 11) is 0. The van der Waals surface area contributed by atoms with Crippen LogP contribution >= 0.6 is 0 Å². The van der Waals surface area contributed by atoms with E-state index in [2.05, 4.69) is 0 Å². The fourth-order valence-electron chi connectivity index (χ4n) is 3.12. The molecule has 3 rings (SSSR count). The molecule has 2 amide bonds. The van der Waals surface area contributed by atoms with Gasteiger partial charge < -0.3 is 4.74 Å². The molecule has 112 valence electrons. The number of hydrogen-bond donors (Lipinski definition) is 0. The number of hydrogen-bond acceptors (Lipinski definition) is 5. The Hall–Kier alpha value is -2.68. The Morgan fingerprint density at radius 2 is 1.86 bits per heavy atom. The van der Waals surface area contributed by atoms with E-state index < -0.39 is 35.0 Å². The van der Waals surface area contributed by atoms with Crippen molar-refractivity contribution in [3.05, 3.63) is 35.9 Å². The van der Waals surface area contributed by atoms with Gasteiger partial charge in [0.25, 0.3) is 0 Å². The second-order valence-corrected chi connectivity index (χ2v) is 5.40. The van der Waals surface area contributed by atoms with Crippen molar-refractivity contribution in [1.29, 1.82) is 5.26 Å². The molecule has 0 radical (unpaired) electrons. The minimum atomic E-state index is -1.61. The van der Waals surface area contributed by atoms with Crippen molar-refractivity contribution in [2.24, 2.45) is 17.3 Å². The van der Waals surface area contributed by atoms with E-state index in [0.717, 1.165) is 10.5 Å². The Morgan fingerprint density at radius 1 is 1.27 bits per heavy atom. The number of nitriles is 1. The zero-order valence-corrected chi connectivity index (χ0v) is 12.0. The maximum absolute atomic E-state index is 12.4. The first-order chi connectivity index (χ1) is 10.6. The van der Waals surface area contributed by atoms with E-state index in [0.29, 0.717) is 0 Å². The topological polar surface area (TPSA) is 87.5 Å². The van der Waals surface area contributed by atoms with E-state index in [1.165, 1.54) is 0 Å². The van der Waals surface area contributed by atoms with Gasteiger partial charge in [-0.15, -0.1) is 0 Å². The molecule has 1 aliphatic heterocycles. The van der Waals surface area contributed by atoms with Gasteiger partial charge in [-0.2, -0.15) is 5.26 Å². The molecule has 1 saturated heterocycles. The summed E-state index contributed by atoms with van der Waals surface area (Å²) in [5.74, 6) is -3.49. The maximum atomic E-state index is 12.4. The van der Waals surface area contributed by atoms with E-state index >= 15 is 0 Å². The predicted octanol–water partition coefficient (Wildman–Crippen LogP) is 0.874. The summed E-state index contributed by atoms with van der Waals surface area (Å²) in [6, 6.07) is 10.9. The molecule has 0 aromatic heterocycles. The number of ether oxygens (including phenoxy) is 1. The van der Waals surface area contributed by atoms with E-state index in [1.807, 2.05) is 36.4 Å². The SMILES string of the molecule is CCOC(=O)C1(C#N)[C@@H]2C(=O)N(Cc3ccccc3)C(=O)[C@@H]21. The molecule has 22 heavy (non-hydrogen) atoms. The van der Waals surface area contributed by atoms with Crippen molar-refractivity contribution in [1.82, 2.24) is 4.90 Å². The van der Waals surface area contributed by atoms with Gasteiger partial charge in [0.1, 0.15) is 0 Å². The van der Waals surface area contributed by atoms with Gasteiger partial charge in [-0.3, -0.25) is 19.3 Å². The van der Waals surface area contributed by atoms with Gasteiger partial charge in [-0.25, -0.2) is 0 Å². The van der Waals surface area contributed by atoms with Crippen molar-refractivity contribution in [3.63, 3.8) is 0 Å². The molecular weight excluding hydrogens is 284 g/mol. The number of fused-ring (bicyclic) bond motifs is 1. The van der Waals surface area contributed by atoms with Gasteiger partial charge in [0.05, 0.1) is 31.1 Å². The summed E-state index contributed by atoms with van der Waals surface area (Å²) in [6.45, 7) is 1.89. The van der Waals surface area contributed by atoms with E-state index in [9.17, 15) is 19.6 Å². The smallest absolute Gasteiger partial charge is 0.328 e. The van der Waals surface area contributed by atoms with Crippen molar-refractivity contribution in [3.8, 4) is 6.07 Å². The molecule has 0 spiro atoms. The van der Waals surface area contributed by atoms with Crippen LogP contribution in [-0.2, 0) is 25.7 Å². The maximum Gasteiger partial charge on any atom is 0.328 e. The van der Waals surface area contributed by atoms with Crippen LogP contribution in [0.5, 0.6) is 0 Å². The van der Waals surface area contributed by atoms with Crippen LogP contribution in [0.1, 0.15) is 12.5 Å². The second kappa shape index (κ2) is 4.95. The lowest BCUT2D eigenvalue weighted by Gasteiger charge is -2.20. The van der Waals surface area contributed by atoms with Crippen LogP contribution in [0.4, 0.5) is 0 Å². The first kappa shape index (κ1) is 14.3. The van der Waals surface area contributed by atoms with Crippen molar-refractivity contribution < 1.29 is 19.1 Å². The fraction of sp³-hybridized carbons (Fsp3) is 0.375. The highest BCUT2D eigenvalue weighted by atomic mass is 16.5. The normalized spacial score (nSPS) is 29.0. The predicted molar refractivity (Wildman–Crippen MR) is 73.7 cm³/mol. The van der Waals surface area contributed by atoms with Crippen molar-refractivity contribution in [2.75, 3.05) is 6.61 Å². The molecule has 1 aromatic carbocycles. The molecule has 0 bridgehead atoms. The Bertz CT molecular complexity index is 670. The Kier molecular flexibility index (Phi) is 3.21. The second-order valence-electron chi connectivity index (χ2n) is 5.40. The summed E-state index contributed by atoms with van der Waals surface area (Å²) >= 11 is 0. The number of benzene rings is 1. The van der Waals surface area contributed by atoms with Crippen LogP contribution in [0.3, 0.4) is 0 Å². The Balaban J connectivity index is 1.81. The first-order valence-corrected chi connectivity index (χ1v) is 7.05. The molecule has 2 aliphatic rings. The highest BCUT2D eigenvalue weighted by Crippen LogP contribution is 2.64. The number of nitrogens with zero attached hydrogens (tertiary/aromatic N) is 2. The van der Waals surface area contributed by atoms with Crippen LogP contribution in [0, 0.1) is 28.6 Å².